The molecule has 0 spiro atoms. The van der Waals surface area contributed by atoms with E-state index in [0.717, 1.165) is 62.1 Å². The molecular formula is C54H41N3. The fraction of sp³-hybridized carbons (Fsp3) is 0. The summed E-state index contributed by atoms with van der Waals surface area (Å²) in [6.45, 7) is 0. The van der Waals surface area contributed by atoms with Gasteiger partial charge >= 0.3 is 0 Å². The highest BCUT2D eigenvalue weighted by Crippen LogP contribution is 2.38. The Kier molecular flexibility index (Phi) is 10.1. The summed E-state index contributed by atoms with van der Waals surface area (Å²) >= 11 is 0. The van der Waals surface area contributed by atoms with Gasteiger partial charge in [0.1, 0.15) is 0 Å². The second-order valence-electron chi connectivity index (χ2n) is 14.0. The first-order valence-electron chi connectivity index (χ1n) is 19.3. The van der Waals surface area contributed by atoms with Crippen LogP contribution in [0.4, 0.5) is 39.8 Å². The van der Waals surface area contributed by atoms with Gasteiger partial charge in [-0.2, -0.15) is 0 Å². The third-order valence-corrected chi connectivity index (χ3v) is 10.3. The molecule has 0 aromatic heterocycles. The summed E-state index contributed by atoms with van der Waals surface area (Å²) in [5, 5.41) is 7.24. The highest BCUT2D eigenvalue weighted by Gasteiger charge is 2.13. The Bertz CT molecular complexity index is 2620. The third-order valence-electron chi connectivity index (χ3n) is 10.3. The Balaban J connectivity index is 1.01. The highest BCUT2D eigenvalue weighted by molar-refractivity contribution is 5.87. The number of nitrogens with one attached hydrogen (secondary N) is 2. The Hall–Kier alpha value is -7.62. The van der Waals surface area contributed by atoms with Crippen molar-refractivity contribution in [3.05, 3.63) is 237 Å². The van der Waals surface area contributed by atoms with Crippen LogP contribution in [-0.2, 0) is 0 Å². The third kappa shape index (κ3) is 8.10. The molecule has 272 valence electrons. The summed E-state index contributed by atoms with van der Waals surface area (Å²) in [5.41, 5.74) is 16.9. The first-order chi connectivity index (χ1) is 28.2. The lowest BCUT2D eigenvalue weighted by molar-refractivity contribution is 1.28. The first-order valence-corrected chi connectivity index (χ1v) is 19.3. The van der Waals surface area contributed by atoms with Crippen LogP contribution in [0.25, 0.3) is 44.5 Å². The molecule has 0 saturated heterocycles. The second kappa shape index (κ2) is 16.4. The molecule has 0 radical (unpaired) electrons. The zero-order valence-electron chi connectivity index (χ0n) is 31.5. The lowest BCUT2D eigenvalue weighted by atomic mass is 9.95. The van der Waals surface area contributed by atoms with Crippen molar-refractivity contribution in [3.8, 4) is 44.5 Å². The van der Waals surface area contributed by atoms with Crippen LogP contribution < -0.4 is 15.5 Å². The van der Waals surface area contributed by atoms with Gasteiger partial charge in [-0.15, -0.1) is 0 Å². The van der Waals surface area contributed by atoms with Crippen LogP contribution in [0.3, 0.4) is 0 Å². The minimum atomic E-state index is 1.04. The minimum Gasteiger partial charge on any atom is -0.356 e. The van der Waals surface area contributed by atoms with Gasteiger partial charge in [0.05, 0.1) is 0 Å². The van der Waals surface area contributed by atoms with Crippen LogP contribution in [0.5, 0.6) is 0 Å². The molecule has 3 nitrogen and oxygen atoms in total. The Morgan fingerprint density at radius 3 is 1.14 bits per heavy atom. The Labute approximate surface area is 335 Å². The van der Waals surface area contributed by atoms with Crippen molar-refractivity contribution in [3.63, 3.8) is 0 Å². The molecule has 0 amide bonds. The number of para-hydroxylation sites is 3. The molecule has 0 heterocycles. The molecule has 0 aliphatic rings. The average Bonchev–Trinajstić information content (AvgIpc) is 3.29. The molecule has 0 atom stereocenters. The molecule has 0 aliphatic carbocycles. The van der Waals surface area contributed by atoms with Gasteiger partial charge in [-0.3, -0.25) is 0 Å². The first kappa shape index (κ1) is 35.1. The van der Waals surface area contributed by atoms with E-state index in [2.05, 4.69) is 234 Å². The SMILES string of the molecule is c1ccc(Nc2ccc(-c3ccc(Nc4ccc(-c5ccccc5)cc4)c(-c4ccc(-c5ccc(N(c6ccccc6)c6ccccc6)cc5)cc4)c3)cc2)cc1. The summed E-state index contributed by atoms with van der Waals surface area (Å²) < 4.78 is 0. The molecule has 3 heteroatoms. The Morgan fingerprint density at radius 1 is 0.246 bits per heavy atom. The van der Waals surface area contributed by atoms with Crippen molar-refractivity contribution in [2.45, 2.75) is 0 Å². The maximum absolute atomic E-state index is 3.74. The van der Waals surface area contributed by atoms with E-state index >= 15 is 0 Å². The van der Waals surface area contributed by atoms with Crippen LogP contribution in [0.15, 0.2) is 237 Å². The maximum atomic E-state index is 3.74. The van der Waals surface area contributed by atoms with Gasteiger partial charge in [0.2, 0.25) is 0 Å². The van der Waals surface area contributed by atoms with E-state index in [0.29, 0.717) is 0 Å². The fourth-order valence-corrected chi connectivity index (χ4v) is 7.28. The van der Waals surface area contributed by atoms with Gasteiger partial charge in [0, 0.05) is 45.4 Å². The van der Waals surface area contributed by atoms with Gasteiger partial charge < -0.3 is 15.5 Å². The van der Waals surface area contributed by atoms with Crippen molar-refractivity contribution in [2.75, 3.05) is 15.5 Å². The molecule has 0 aliphatic heterocycles. The summed E-state index contributed by atoms with van der Waals surface area (Å²) in [5.74, 6) is 0. The lowest BCUT2D eigenvalue weighted by Crippen LogP contribution is -2.09. The normalized spacial score (nSPS) is 10.8. The molecule has 0 fully saturated rings. The molecule has 0 saturated carbocycles. The van der Waals surface area contributed by atoms with Crippen LogP contribution in [0.2, 0.25) is 0 Å². The average molecular weight is 732 g/mol. The van der Waals surface area contributed by atoms with Crippen LogP contribution in [0, 0.1) is 0 Å². The van der Waals surface area contributed by atoms with Crippen molar-refractivity contribution in [1.82, 2.24) is 0 Å². The molecule has 0 bridgehead atoms. The smallest absolute Gasteiger partial charge is 0.0464 e. The van der Waals surface area contributed by atoms with E-state index < -0.39 is 0 Å². The van der Waals surface area contributed by atoms with Crippen molar-refractivity contribution in [1.29, 1.82) is 0 Å². The van der Waals surface area contributed by atoms with Crippen LogP contribution >= 0.6 is 0 Å². The number of hydrogen-bond donors (Lipinski definition) is 2. The zero-order chi connectivity index (χ0) is 38.2. The van der Waals surface area contributed by atoms with Crippen molar-refractivity contribution in [2.24, 2.45) is 0 Å². The summed E-state index contributed by atoms with van der Waals surface area (Å²) in [6, 6.07) is 83.6. The van der Waals surface area contributed by atoms with E-state index in [1.807, 2.05) is 18.2 Å². The number of hydrogen-bond acceptors (Lipinski definition) is 3. The second-order valence-corrected chi connectivity index (χ2v) is 14.0. The van der Waals surface area contributed by atoms with E-state index in [4.69, 9.17) is 0 Å². The quantitative estimate of drug-likeness (QED) is 0.139. The fourth-order valence-electron chi connectivity index (χ4n) is 7.28. The van der Waals surface area contributed by atoms with Gasteiger partial charge in [-0.1, -0.05) is 152 Å². The molecule has 9 rings (SSSR count). The monoisotopic (exact) mass is 731 g/mol. The predicted molar refractivity (Wildman–Crippen MR) is 242 cm³/mol. The molecule has 57 heavy (non-hydrogen) atoms. The number of rotatable bonds is 11. The van der Waals surface area contributed by atoms with Crippen LogP contribution in [0.1, 0.15) is 0 Å². The number of anilines is 7. The topological polar surface area (TPSA) is 27.3 Å². The minimum absolute atomic E-state index is 1.04. The maximum Gasteiger partial charge on any atom is 0.0464 e. The zero-order valence-corrected chi connectivity index (χ0v) is 31.5. The van der Waals surface area contributed by atoms with Gasteiger partial charge in [0.25, 0.3) is 0 Å². The largest absolute Gasteiger partial charge is 0.356 e. The van der Waals surface area contributed by atoms with E-state index in [1.54, 1.807) is 0 Å². The Morgan fingerprint density at radius 2 is 0.596 bits per heavy atom. The van der Waals surface area contributed by atoms with Crippen molar-refractivity contribution >= 4 is 39.8 Å². The van der Waals surface area contributed by atoms with Crippen LogP contribution in [-0.4, -0.2) is 0 Å². The molecule has 2 N–H and O–H groups in total. The molecule has 0 unspecified atom stereocenters. The van der Waals surface area contributed by atoms with Crippen molar-refractivity contribution < 1.29 is 0 Å². The van der Waals surface area contributed by atoms with E-state index in [-0.39, 0.29) is 0 Å². The molecular weight excluding hydrogens is 691 g/mol. The van der Waals surface area contributed by atoms with E-state index in [1.165, 1.54) is 22.3 Å². The summed E-state index contributed by atoms with van der Waals surface area (Å²) in [6.07, 6.45) is 0. The summed E-state index contributed by atoms with van der Waals surface area (Å²) in [4.78, 5) is 2.29. The van der Waals surface area contributed by atoms with E-state index in [9.17, 15) is 0 Å². The number of benzene rings is 9. The standard InChI is InChI=1S/C54H41N3/c1-5-13-40(14-6-1)42-25-34-49(35-26-42)56-54-38-31-46(44-27-32-48(33-28-44)55-47-15-7-2-8-16-47)39-53(54)45-23-21-41(22-24-45)43-29-36-52(37-30-43)57(50-17-9-3-10-18-50)51-19-11-4-12-20-51/h1-39,55-56H. The number of nitrogens with zero attached hydrogens (tertiary/aromatic N) is 1. The summed E-state index contributed by atoms with van der Waals surface area (Å²) in [7, 11) is 0. The highest BCUT2D eigenvalue weighted by atomic mass is 15.1. The van der Waals surface area contributed by atoms with Gasteiger partial charge in [0.15, 0.2) is 0 Å². The molecule has 9 aromatic rings. The van der Waals surface area contributed by atoms with Gasteiger partial charge in [-0.25, -0.2) is 0 Å². The van der Waals surface area contributed by atoms with Gasteiger partial charge in [-0.05, 0) is 124 Å². The predicted octanol–water partition coefficient (Wildman–Crippen LogP) is 15.3. The molecule has 9 aromatic carbocycles. The lowest BCUT2D eigenvalue weighted by Gasteiger charge is -2.25.